The van der Waals surface area contributed by atoms with Crippen LogP contribution in [0, 0.1) is 0 Å². The van der Waals surface area contributed by atoms with Crippen LogP contribution in [0.2, 0.25) is 0 Å². The van der Waals surface area contributed by atoms with Gasteiger partial charge in [-0.05, 0) is 43.2 Å². The molecule has 3 nitrogen and oxygen atoms in total. The molecule has 1 N–H and O–H groups in total. The first-order valence-electron chi connectivity index (χ1n) is 7.48. The van der Waals surface area contributed by atoms with E-state index in [-0.39, 0.29) is 0 Å². The lowest BCUT2D eigenvalue weighted by molar-refractivity contribution is 0.436. The van der Waals surface area contributed by atoms with E-state index in [1.165, 1.54) is 37.8 Å². The van der Waals surface area contributed by atoms with Crippen LogP contribution in [0.25, 0.3) is 11.4 Å². The average Bonchev–Trinajstić information content (AvgIpc) is 2.56. The van der Waals surface area contributed by atoms with Crippen molar-refractivity contribution in [2.24, 2.45) is 0 Å². The fraction of sp³-hybridized carbons (Fsp3) is 0.412. The Morgan fingerprint density at radius 2 is 1.75 bits per heavy atom. The number of nitrogens with zero attached hydrogens (tertiary/aromatic N) is 2. The van der Waals surface area contributed by atoms with Gasteiger partial charge < -0.3 is 5.32 Å². The maximum absolute atomic E-state index is 4.79. The minimum absolute atomic E-state index is 0.627. The summed E-state index contributed by atoms with van der Waals surface area (Å²) in [4.78, 5) is 9.22. The number of anilines is 1. The lowest BCUT2D eigenvalue weighted by Crippen LogP contribution is -2.07. The van der Waals surface area contributed by atoms with Gasteiger partial charge in [0, 0.05) is 36.1 Å². The van der Waals surface area contributed by atoms with Crippen LogP contribution >= 0.6 is 0 Å². The molecule has 1 fully saturated rings. The van der Waals surface area contributed by atoms with E-state index in [1.807, 2.05) is 13.2 Å². The normalized spacial score (nSPS) is 16.1. The third-order valence-corrected chi connectivity index (χ3v) is 4.13. The Labute approximate surface area is 120 Å². The molecule has 3 rings (SSSR count). The fourth-order valence-electron chi connectivity index (χ4n) is 2.92. The van der Waals surface area contributed by atoms with Crippen molar-refractivity contribution < 1.29 is 0 Å². The van der Waals surface area contributed by atoms with E-state index in [9.17, 15) is 0 Å². The summed E-state index contributed by atoms with van der Waals surface area (Å²) in [6, 6.07) is 10.4. The summed E-state index contributed by atoms with van der Waals surface area (Å²) >= 11 is 0. The summed E-state index contributed by atoms with van der Waals surface area (Å²) < 4.78 is 0. The zero-order valence-electron chi connectivity index (χ0n) is 12.0. The van der Waals surface area contributed by atoms with Crippen LogP contribution in [0.3, 0.4) is 0 Å². The van der Waals surface area contributed by atoms with E-state index in [2.05, 4.69) is 40.6 Å². The summed E-state index contributed by atoms with van der Waals surface area (Å²) in [7, 11) is 1.93. The van der Waals surface area contributed by atoms with Gasteiger partial charge in [0.05, 0.1) is 0 Å². The molecule has 20 heavy (non-hydrogen) atoms. The van der Waals surface area contributed by atoms with Crippen molar-refractivity contribution >= 4 is 5.69 Å². The molecule has 0 aliphatic heterocycles. The van der Waals surface area contributed by atoms with Crippen molar-refractivity contribution in [3.8, 4) is 11.4 Å². The zero-order valence-corrected chi connectivity index (χ0v) is 12.0. The second-order valence-corrected chi connectivity index (χ2v) is 5.47. The van der Waals surface area contributed by atoms with E-state index in [0.29, 0.717) is 5.92 Å². The number of nitrogens with one attached hydrogen (secondary N) is 1. The fourth-order valence-corrected chi connectivity index (χ4v) is 2.92. The van der Waals surface area contributed by atoms with E-state index < -0.39 is 0 Å². The second kappa shape index (κ2) is 6.04. The first kappa shape index (κ1) is 13.1. The van der Waals surface area contributed by atoms with Gasteiger partial charge in [0.25, 0.3) is 0 Å². The van der Waals surface area contributed by atoms with Gasteiger partial charge in [0.2, 0.25) is 0 Å². The van der Waals surface area contributed by atoms with Crippen molar-refractivity contribution in [2.75, 3.05) is 12.4 Å². The first-order valence-corrected chi connectivity index (χ1v) is 7.48. The Hall–Kier alpha value is -1.90. The maximum atomic E-state index is 4.79. The van der Waals surface area contributed by atoms with E-state index in [1.54, 1.807) is 0 Å². The molecule has 1 saturated carbocycles. The topological polar surface area (TPSA) is 37.8 Å². The number of benzene rings is 1. The van der Waals surface area contributed by atoms with Crippen LogP contribution in [-0.4, -0.2) is 17.0 Å². The van der Waals surface area contributed by atoms with Gasteiger partial charge in [-0.2, -0.15) is 0 Å². The predicted molar refractivity (Wildman–Crippen MR) is 82.8 cm³/mol. The van der Waals surface area contributed by atoms with E-state index >= 15 is 0 Å². The quantitative estimate of drug-likeness (QED) is 0.904. The average molecular weight is 267 g/mol. The number of rotatable bonds is 3. The van der Waals surface area contributed by atoms with Crippen molar-refractivity contribution in [3.63, 3.8) is 0 Å². The molecule has 1 heterocycles. The molecule has 1 aliphatic rings. The monoisotopic (exact) mass is 267 g/mol. The highest BCUT2D eigenvalue weighted by Crippen LogP contribution is 2.32. The Morgan fingerprint density at radius 3 is 2.45 bits per heavy atom. The number of hydrogen-bond acceptors (Lipinski definition) is 3. The minimum atomic E-state index is 0.627. The second-order valence-electron chi connectivity index (χ2n) is 5.47. The molecule has 2 aromatic rings. The SMILES string of the molecule is CNc1ccc(-c2nccc(C3CCCCC3)n2)cc1. The van der Waals surface area contributed by atoms with Crippen LogP contribution in [0.15, 0.2) is 36.5 Å². The van der Waals surface area contributed by atoms with Gasteiger partial charge in [-0.15, -0.1) is 0 Å². The molecule has 1 aromatic heterocycles. The van der Waals surface area contributed by atoms with Crippen LogP contribution in [0.1, 0.15) is 43.7 Å². The molecule has 104 valence electrons. The van der Waals surface area contributed by atoms with Crippen molar-refractivity contribution in [2.45, 2.75) is 38.0 Å². The van der Waals surface area contributed by atoms with E-state index in [4.69, 9.17) is 4.98 Å². The predicted octanol–water partition coefficient (Wildman–Crippen LogP) is 4.23. The van der Waals surface area contributed by atoms with Gasteiger partial charge >= 0.3 is 0 Å². The molecule has 3 heteroatoms. The number of hydrogen-bond donors (Lipinski definition) is 1. The molecule has 1 aromatic carbocycles. The molecule has 0 spiro atoms. The third-order valence-electron chi connectivity index (χ3n) is 4.13. The summed E-state index contributed by atoms with van der Waals surface area (Å²) in [5.41, 5.74) is 3.41. The van der Waals surface area contributed by atoms with Crippen molar-refractivity contribution in [3.05, 3.63) is 42.2 Å². The lowest BCUT2D eigenvalue weighted by Gasteiger charge is -2.21. The highest BCUT2D eigenvalue weighted by Gasteiger charge is 2.17. The molecule has 0 radical (unpaired) electrons. The summed E-state index contributed by atoms with van der Waals surface area (Å²) in [5.74, 6) is 1.47. The smallest absolute Gasteiger partial charge is 0.159 e. The van der Waals surface area contributed by atoms with Gasteiger partial charge in [-0.3, -0.25) is 0 Å². The maximum Gasteiger partial charge on any atom is 0.159 e. The molecule has 0 bridgehead atoms. The van der Waals surface area contributed by atoms with E-state index in [0.717, 1.165) is 17.1 Å². The highest BCUT2D eigenvalue weighted by atomic mass is 14.9. The molecule has 0 atom stereocenters. The third kappa shape index (κ3) is 2.82. The lowest BCUT2D eigenvalue weighted by atomic mass is 9.87. The Bertz CT molecular complexity index is 557. The minimum Gasteiger partial charge on any atom is -0.388 e. The highest BCUT2D eigenvalue weighted by molar-refractivity contribution is 5.59. The summed E-state index contributed by atoms with van der Waals surface area (Å²) in [5, 5.41) is 3.13. The van der Waals surface area contributed by atoms with Crippen molar-refractivity contribution in [1.82, 2.24) is 9.97 Å². The van der Waals surface area contributed by atoms with Gasteiger partial charge in [0.1, 0.15) is 0 Å². The number of aromatic nitrogens is 2. The standard InChI is InChI=1S/C17H21N3/c1-18-15-9-7-14(8-10-15)17-19-12-11-16(20-17)13-5-3-2-4-6-13/h7-13,18H,2-6H2,1H3. The Morgan fingerprint density at radius 1 is 1.00 bits per heavy atom. The Kier molecular flexibility index (Phi) is 3.95. The molecule has 0 saturated heterocycles. The van der Waals surface area contributed by atoms with Crippen LogP contribution in [-0.2, 0) is 0 Å². The summed E-state index contributed by atoms with van der Waals surface area (Å²) in [6.07, 6.45) is 8.49. The summed E-state index contributed by atoms with van der Waals surface area (Å²) in [6.45, 7) is 0. The van der Waals surface area contributed by atoms with Crippen LogP contribution in [0.4, 0.5) is 5.69 Å². The molecule has 0 unspecified atom stereocenters. The van der Waals surface area contributed by atoms with Gasteiger partial charge in [-0.1, -0.05) is 19.3 Å². The van der Waals surface area contributed by atoms with Crippen LogP contribution < -0.4 is 5.32 Å². The first-order chi connectivity index (χ1) is 9.86. The van der Waals surface area contributed by atoms with Crippen LogP contribution in [0.5, 0.6) is 0 Å². The molecule has 0 amide bonds. The van der Waals surface area contributed by atoms with Gasteiger partial charge in [-0.25, -0.2) is 9.97 Å². The molecular weight excluding hydrogens is 246 g/mol. The molecule has 1 aliphatic carbocycles. The van der Waals surface area contributed by atoms with Crippen molar-refractivity contribution in [1.29, 1.82) is 0 Å². The zero-order chi connectivity index (χ0) is 13.8. The Balaban J connectivity index is 1.85. The van der Waals surface area contributed by atoms with Gasteiger partial charge in [0.15, 0.2) is 5.82 Å². The largest absolute Gasteiger partial charge is 0.388 e. The molecular formula is C17H21N3.